The maximum Gasteiger partial charge on any atom is 0.205 e. The van der Waals surface area contributed by atoms with Crippen LogP contribution in [-0.2, 0) is 19.4 Å². The molecule has 0 saturated carbocycles. The van der Waals surface area contributed by atoms with E-state index in [2.05, 4.69) is 62.4 Å². The average molecular weight is 412 g/mol. The van der Waals surface area contributed by atoms with Crippen molar-refractivity contribution in [1.29, 1.82) is 0 Å². The Balaban J connectivity index is 1.47. The number of tetrazole rings is 1. The topological polar surface area (TPSA) is 89.3 Å². The summed E-state index contributed by atoms with van der Waals surface area (Å²) < 4.78 is 2.14. The number of rotatable bonds is 6. The summed E-state index contributed by atoms with van der Waals surface area (Å²) in [5, 5.41) is 14.5. The van der Waals surface area contributed by atoms with Crippen LogP contribution in [0.2, 0.25) is 0 Å². The molecule has 0 aliphatic heterocycles. The molecule has 7 heteroatoms. The van der Waals surface area contributed by atoms with Gasteiger partial charge in [0.1, 0.15) is 11.5 Å². The van der Waals surface area contributed by atoms with Crippen molar-refractivity contribution in [3.8, 4) is 22.5 Å². The highest BCUT2D eigenvalue weighted by Gasteiger charge is 2.25. The lowest BCUT2D eigenvalue weighted by Crippen LogP contribution is -2.17. The van der Waals surface area contributed by atoms with E-state index in [0.717, 1.165) is 65.1 Å². The van der Waals surface area contributed by atoms with Gasteiger partial charge in [0, 0.05) is 24.9 Å². The SMILES string of the molecule is CCCc1nc2c(n1Cc1ccc(-c3ccccc3-c3nn[nH]n3)cc1)C(=O)CCC2. The molecule has 7 nitrogen and oxygen atoms in total. The summed E-state index contributed by atoms with van der Waals surface area (Å²) in [6, 6.07) is 16.5. The first kappa shape index (κ1) is 19.4. The summed E-state index contributed by atoms with van der Waals surface area (Å²) in [5.41, 5.74) is 6.02. The molecule has 1 aliphatic carbocycles. The van der Waals surface area contributed by atoms with Crippen LogP contribution >= 0.6 is 0 Å². The molecular weight excluding hydrogens is 388 g/mol. The fraction of sp³-hybridized carbons (Fsp3) is 0.292. The third kappa shape index (κ3) is 3.67. The number of nitrogens with one attached hydrogen (secondary N) is 1. The second-order valence-electron chi connectivity index (χ2n) is 7.91. The summed E-state index contributed by atoms with van der Waals surface area (Å²) in [7, 11) is 0. The number of carbonyl (C=O) groups excluding carboxylic acids is 1. The number of carbonyl (C=O) groups is 1. The molecule has 1 aliphatic rings. The lowest BCUT2D eigenvalue weighted by molar-refractivity contribution is 0.0963. The number of aryl methyl sites for hydroxylation is 2. The van der Waals surface area contributed by atoms with Gasteiger partial charge in [-0.3, -0.25) is 4.79 Å². The highest BCUT2D eigenvalue weighted by atomic mass is 16.1. The molecule has 0 fully saturated rings. The van der Waals surface area contributed by atoms with E-state index >= 15 is 0 Å². The number of aromatic nitrogens is 6. The summed E-state index contributed by atoms with van der Waals surface area (Å²) >= 11 is 0. The predicted octanol–water partition coefficient (Wildman–Crippen LogP) is 4.25. The molecule has 0 spiro atoms. The summed E-state index contributed by atoms with van der Waals surface area (Å²) in [6.07, 6.45) is 4.32. The molecule has 2 aromatic heterocycles. The van der Waals surface area contributed by atoms with E-state index in [9.17, 15) is 4.79 Å². The number of aromatic amines is 1. The van der Waals surface area contributed by atoms with E-state index in [4.69, 9.17) is 4.98 Å². The Morgan fingerprint density at radius 2 is 1.84 bits per heavy atom. The van der Waals surface area contributed by atoms with E-state index in [-0.39, 0.29) is 5.78 Å². The number of nitrogens with zero attached hydrogens (tertiary/aromatic N) is 5. The van der Waals surface area contributed by atoms with Crippen LogP contribution in [0.3, 0.4) is 0 Å². The fourth-order valence-electron chi connectivity index (χ4n) is 4.34. The minimum absolute atomic E-state index is 0.224. The zero-order chi connectivity index (χ0) is 21.2. The number of benzene rings is 2. The lowest BCUT2D eigenvalue weighted by atomic mass is 9.98. The van der Waals surface area contributed by atoms with Gasteiger partial charge in [0.25, 0.3) is 0 Å². The largest absolute Gasteiger partial charge is 0.321 e. The fourth-order valence-corrected chi connectivity index (χ4v) is 4.34. The lowest BCUT2D eigenvalue weighted by Gasteiger charge is -2.15. The van der Waals surface area contributed by atoms with Crippen molar-refractivity contribution in [1.82, 2.24) is 30.2 Å². The number of H-pyrrole nitrogens is 1. The van der Waals surface area contributed by atoms with Crippen molar-refractivity contribution < 1.29 is 4.79 Å². The van der Waals surface area contributed by atoms with Crippen LogP contribution in [0.25, 0.3) is 22.5 Å². The van der Waals surface area contributed by atoms with Crippen molar-refractivity contribution in [2.75, 3.05) is 0 Å². The molecule has 2 aromatic carbocycles. The molecule has 0 atom stereocenters. The third-order valence-corrected chi connectivity index (χ3v) is 5.79. The number of Topliss-reactive ketones (excluding diaryl/α,β-unsaturated/α-hetero) is 1. The summed E-state index contributed by atoms with van der Waals surface area (Å²) in [6.45, 7) is 2.81. The van der Waals surface area contributed by atoms with Crippen molar-refractivity contribution in [2.24, 2.45) is 0 Å². The standard InChI is InChI=1S/C24H24N6O/c1-2-6-22-25-20-9-5-10-21(31)23(20)30(22)15-16-11-13-17(14-12-16)18-7-3-4-8-19(18)24-26-28-29-27-24/h3-4,7-8,11-14H,2,5-6,9-10,15H2,1H3,(H,26,27,28,29). The number of fused-ring (bicyclic) bond motifs is 1. The van der Waals surface area contributed by atoms with Gasteiger partial charge in [-0.25, -0.2) is 4.98 Å². The Bertz CT molecular complexity index is 1210. The Kier molecular flexibility index (Phi) is 5.16. The van der Waals surface area contributed by atoms with Crippen LogP contribution in [0.15, 0.2) is 48.5 Å². The molecule has 2 heterocycles. The van der Waals surface area contributed by atoms with Crippen LogP contribution in [-0.4, -0.2) is 36.0 Å². The highest BCUT2D eigenvalue weighted by Crippen LogP contribution is 2.30. The van der Waals surface area contributed by atoms with Crippen LogP contribution in [0.1, 0.15) is 53.8 Å². The van der Waals surface area contributed by atoms with Crippen LogP contribution in [0.4, 0.5) is 0 Å². The summed E-state index contributed by atoms with van der Waals surface area (Å²) in [4.78, 5) is 17.4. The number of imidazole rings is 1. The van der Waals surface area contributed by atoms with Gasteiger partial charge in [-0.15, -0.1) is 10.2 Å². The van der Waals surface area contributed by atoms with Crippen molar-refractivity contribution in [3.05, 3.63) is 71.3 Å². The predicted molar refractivity (Wildman–Crippen MR) is 118 cm³/mol. The molecule has 5 rings (SSSR count). The molecule has 156 valence electrons. The van der Waals surface area contributed by atoms with Crippen LogP contribution in [0, 0.1) is 0 Å². The van der Waals surface area contributed by atoms with E-state index in [1.165, 1.54) is 0 Å². The minimum atomic E-state index is 0.224. The van der Waals surface area contributed by atoms with E-state index in [1.807, 2.05) is 18.2 Å². The smallest absolute Gasteiger partial charge is 0.205 e. The number of hydrogen-bond acceptors (Lipinski definition) is 5. The Morgan fingerprint density at radius 1 is 1.03 bits per heavy atom. The molecule has 0 bridgehead atoms. The van der Waals surface area contributed by atoms with Gasteiger partial charge >= 0.3 is 0 Å². The van der Waals surface area contributed by atoms with Crippen molar-refractivity contribution in [3.63, 3.8) is 0 Å². The molecule has 0 saturated heterocycles. The van der Waals surface area contributed by atoms with Crippen LogP contribution in [0.5, 0.6) is 0 Å². The van der Waals surface area contributed by atoms with Gasteiger partial charge in [0.05, 0.1) is 5.69 Å². The summed E-state index contributed by atoms with van der Waals surface area (Å²) in [5.74, 6) is 1.82. The minimum Gasteiger partial charge on any atom is -0.321 e. The Morgan fingerprint density at radius 3 is 2.58 bits per heavy atom. The molecule has 1 N–H and O–H groups in total. The second-order valence-corrected chi connectivity index (χ2v) is 7.91. The molecule has 0 unspecified atom stereocenters. The zero-order valence-electron chi connectivity index (χ0n) is 17.5. The maximum absolute atomic E-state index is 12.6. The van der Waals surface area contributed by atoms with Crippen LogP contribution < -0.4 is 0 Å². The van der Waals surface area contributed by atoms with Gasteiger partial charge < -0.3 is 4.57 Å². The Labute approximate surface area is 180 Å². The normalized spacial score (nSPS) is 13.4. The third-order valence-electron chi connectivity index (χ3n) is 5.79. The molecule has 31 heavy (non-hydrogen) atoms. The number of ketones is 1. The number of hydrogen-bond donors (Lipinski definition) is 1. The van der Waals surface area contributed by atoms with Crippen molar-refractivity contribution >= 4 is 5.78 Å². The molecule has 4 aromatic rings. The first-order valence-corrected chi connectivity index (χ1v) is 10.8. The molecule has 0 amide bonds. The molecule has 0 radical (unpaired) electrons. The van der Waals surface area contributed by atoms with Gasteiger partial charge in [-0.05, 0) is 41.2 Å². The van der Waals surface area contributed by atoms with E-state index in [1.54, 1.807) is 0 Å². The van der Waals surface area contributed by atoms with Gasteiger partial charge in [0.15, 0.2) is 5.78 Å². The first-order chi connectivity index (χ1) is 15.2. The quantitative estimate of drug-likeness (QED) is 0.511. The monoisotopic (exact) mass is 412 g/mol. The van der Waals surface area contributed by atoms with E-state index in [0.29, 0.717) is 18.8 Å². The molecular formula is C24H24N6O. The van der Waals surface area contributed by atoms with Gasteiger partial charge in [0.2, 0.25) is 5.82 Å². The maximum atomic E-state index is 12.6. The zero-order valence-corrected chi connectivity index (χ0v) is 17.5. The second kappa shape index (κ2) is 8.26. The Hall–Kier alpha value is -3.61. The highest BCUT2D eigenvalue weighted by molar-refractivity contribution is 5.96. The van der Waals surface area contributed by atoms with Crippen molar-refractivity contribution in [2.45, 2.75) is 45.6 Å². The van der Waals surface area contributed by atoms with E-state index < -0.39 is 0 Å². The average Bonchev–Trinajstić information content (AvgIpc) is 3.44. The van der Waals surface area contributed by atoms with Gasteiger partial charge in [-0.1, -0.05) is 55.5 Å². The first-order valence-electron chi connectivity index (χ1n) is 10.8. The van der Waals surface area contributed by atoms with Gasteiger partial charge in [-0.2, -0.15) is 5.21 Å².